The summed E-state index contributed by atoms with van der Waals surface area (Å²) >= 11 is 1.45. The molecule has 0 bridgehead atoms. The molecule has 0 saturated heterocycles. The lowest BCUT2D eigenvalue weighted by Crippen LogP contribution is -2.11. The molecule has 2 N–H and O–H groups in total. The first kappa shape index (κ1) is 14.0. The van der Waals surface area contributed by atoms with Crippen molar-refractivity contribution in [2.24, 2.45) is 5.73 Å². The standard InChI is InChI=1S/C15H20N2OS/c1-15(2,3)10-5-6-14(18-4)12(7-10)13-8-11(9-16)19-17-13/h5-8H,9,16H2,1-4H3. The summed E-state index contributed by atoms with van der Waals surface area (Å²) in [6.45, 7) is 7.12. The van der Waals surface area contributed by atoms with Gasteiger partial charge in [-0.3, -0.25) is 0 Å². The van der Waals surface area contributed by atoms with Crippen molar-refractivity contribution in [1.29, 1.82) is 0 Å². The van der Waals surface area contributed by atoms with E-state index in [0.29, 0.717) is 6.54 Å². The van der Waals surface area contributed by atoms with Gasteiger partial charge in [-0.05, 0) is 40.7 Å². The van der Waals surface area contributed by atoms with Gasteiger partial charge >= 0.3 is 0 Å². The summed E-state index contributed by atoms with van der Waals surface area (Å²) in [5.41, 5.74) is 9.00. The minimum Gasteiger partial charge on any atom is -0.496 e. The van der Waals surface area contributed by atoms with Crippen LogP contribution in [0, 0.1) is 0 Å². The van der Waals surface area contributed by atoms with Gasteiger partial charge in [0.1, 0.15) is 5.75 Å². The second-order valence-corrected chi connectivity index (χ2v) is 6.44. The summed E-state index contributed by atoms with van der Waals surface area (Å²) in [5.74, 6) is 0.849. The number of rotatable bonds is 3. The Bertz CT molecular complexity index is 570. The lowest BCUT2D eigenvalue weighted by molar-refractivity contribution is 0.416. The van der Waals surface area contributed by atoms with Crippen molar-refractivity contribution in [2.75, 3.05) is 7.11 Å². The number of methoxy groups -OCH3 is 1. The van der Waals surface area contributed by atoms with Gasteiger partial charge in [0.05, 0.1) is 12.8 Å². The fraction of sp³-hybridized carbons (Fsp3) is 0.400. The van der Waals surface area contributed by atoms with Crippen molar-refractivity contribution < 1.29 is 4.74 Å². The van der Waals surface area contributed by atoms with E-state index in [0.717, 1.165) is 21.9 Å². The molecule has 4 heteroatoms. The van der Waals surface area contributed by atoms with Crippen LogP contribution in [-0.4, -0.2) is 11.5 Å². The van der Waals surface area contributed by atoms with Gasteiger partial charge in [-0.15, -0.1) is 0 Å². The zero-order valence-corrected chi connectivity index (χ0v) is 12.7. The van der Waals surface area contributed by atoms with Crippen molar-refractivity contribution in [1.82, 2.24) is 4.37 Å². The molecule has 19 heavy (non-hydrogen) atoms. The molecule has 0 atom stereocenters. The van der Waals surface area contributed by atoms with E-state index in [9.17, 15) is 0 Å². The molecule has 1 heterocycles. The van der Waals surface area contributed by atoms with E-state index < -0.39 is 0 Å². The summed E-state index contributed by atoms with van der Waals surface area (Å²) < 4.78 is 9.91. The number of hydrogen-bond acceptors (Lipinski definition) is 4. The summed E-state index contributed by atoms with van der Waals surface area (Å²) in [5, 5.41) is 0. The smallest absolute Gasteiger partial charge is 0.128 e. The average molecular weight is 276 g/mol. The second kappa shape index (κ2) is 5.31. The van der Waals surface area contributed by atoms with Crippen molar-refractivity contribution in [3.8, 4) is 17.0 Å². The average Bonchev–Trinajstić information content (AvgIpc) is 2.85. The molecule has 0 amide bonds. The molecular formula is C15H20N2OS. The highest BCUT2D eigenvalue weighted by atomic mass is 32.1. The Morgan fingerprint density at radius 2 is 2.00 bits per heavy atom. The van der Waals surface area contributed by atoms with Crippen LogP contribution in [0.25, 0.3) is 11.3 Å². The van der Waals surface area contributed by atoms with Crippen molar-refractivity contribution >= 4 is 11.5 Å². The molecule has 0 aliphatic carbocycles. The Labute approximate surface area is 118 Å². The minimum absolute atomic E-state index is 0.105. The Balaban J connectivity index is 2.53. The Morgan fingerprint density at radius 1 is 1.26 bits per heavy atom. The zero-order valence-electron chi connectivity index (χ0n) is 11.9. The minimum atomic E-state index is 0.105. The van der Waals surface area contributed by atoms with Gasteiger partial charge in [0, 0.05) is 17.0 Å². The SMILES string of the molecule is COc1ccc(C(C)(C)C)cc1-c1cc(CN)sn1. The predicted molar refractivity (Wildman–Crippen MR) is 80.7 cm³/mol. The number of ether oxygens (including phenoxy) is 1. The highest BCUT2D eigenvalue weighted by Crippen LogP contribution is 2.35. The van der Waals surface area contributed by atoms with Crippen LogP contribution in [0.15, 0.2) is 24.3 Å². The molecule has 0 spiro atoms. The number of nitrogens with zero attached hydrogens (tertiary/aromatic N) is 1. The van der Waals surface area contributed by atoms with E-state index in [1.165, 1.54) is 17.1 Å². The van der Waals surface area contributed by atoms with E-state index in [1.807, 2.05) is 12.1 Å². The molecule has 0 aliphatic heterocycles. The summed E-state index contributed by atoms with van der Waals surface area (Å²) in [4.78, 5) is 1.08. The zero-order chi connectivity index (χ0) is 14.0. The molecule has 0 saturated carbocycles. The molecule has 0 aliphatic rings. The number of benzene rings is 1. The molecule has 1 aromatic carbocycles. The first-order chi connectivity index (χ1) is 8.95. The monoisotopic (exact) mass is 276 g/mol. The lowest BCUT2D eigenvalue weighted by atomic mass is 9.85. The van der Waals surface area contributed by atoms with E-state index in [1.54, 1.807) is 7.11 Å². The molecule has 0 radical (unpaired) electrons. The number of hydrogen-bond donors (Lipinski definition) is 1. The molecule has 1 aromatic heterocycles. The van der Waals surface area contributed by atoms with Gasteiger partial charge in [0.25, 0.3) is 0 Å². The molecule has 0 fully saturated rings. The normalized spacial score (nSPS) is 11.6. The maximum absolute atomic E-state index is 5.65. The lowest BCUT2D eigenvalue weighted by Gasteiger charge is -2.20. The predicted octanol–water partition coefficient (Wildman–Crippen LogP) is 3.57. The van der Waals surface area contributed by atoms with Crippen LogP contribution in [0.1, 0.15) is 31.2 Å². The van der Waals surface area contributed by atoms with Gasteiger partial charge in [-0.2, -0.15) is 4.37 Å². The maximum atomic E-state index is 5.65. The van der Waals surface area contributed by atoms with Crippen LogP contribution in [0.5, 0.6) is 5.75 Å². The van der Waals surface area contributed by atoms with Gasteiger partial charge in [-0.1, -0.05) is 26.8 Å². The Kier molecular flexibility index (Phi) is 3.92. The molecule has 2 aromatic rings. The van der Waals surface area contributed by atoms with Crippen molar-refractivity contribution in [2.45, 2.75) is 32.7 Å². The first-order valence-corrected chi connectivity index (χ1v) is 7.07. The van der Waals surface area contributed by atoms with Crippen LogP contribution >= 0.6 is 11.5 Å². The first-order valence-electron chi connectivity index (χ1n) is 6.30. The Morgan fingerprint density at radius 3 is 2.53 bits per heavy atom. The molecule has 102 valence electrons. The van der Waals surface area contributed by atoms with E-state index in [-0.39, 0.29) is 5.41 Å². The van der Waals surface area contributed by atoms with Gasteiger partial charge in [0.2, 0.25) is 0 Å². The fourth-order valence-corrected chi connectivity index (χ4v) is 2.52. The third-order valence-electron chi connectivity index (χ3n) is 3.10. The third kappa shape index (κ3) is 2.96. The quantitative estimate of drug-likeness (QED) is 0.932. The maximum Gasteiger partial charge on any atom is 0.128 e. The van der Waals surface area contributed by atoms with E-state index in [4.69, 9.17) is 10.5 Å². The summed E-state index contributed by atoms with van der Waals surface area (Å²) in [6, 6.07) is 8.32. The van der Waals surface area contributed by atoms with Crippen LogP contribution in [0.2, 0.25) is 0 Å². The highest BCUT2D eigenvalue weighted by Gasteiger charge is 2.17. The Hall–Kier alpha value is -1.39. The summed E-state index contributed by atoms with van der Waals surface area (Å²) in [6.07, 6.45) is 0. The van der Waals surface area contributed by atoms with Gasteiger partial charge < -0.3 is 10.5 Å². The van der Waals surface area contributed by atoms with Crippen molar-refractivity contribution in [3.63, 3.8) is 0 Å². The third-order valence-corrected chi connectivity index (χ3v) is 3.91. The number of nitrogens with two attached hydrogens (primary N) is 1. The van der Waals surface area contributed by atoms with Gasteiger partial charge in [-0.25, -0.2) is 0 Å². The van der Waals surface area contributed by atoms with Crippen molar-refractivity contribution in [3.05, 3.63) is 34.7 Å². The molecule has 2 rings (SSSR count). The molecule has 0 unspecified atom stereocenters. The van der Waals surface area contributed by atoms with Crippen LogP contribution < -0.4 is 10.5 Å². The largest absolute Gasteiger partial charge is 0.496 e. The van der Waals surface area contributed by atoms with Crippen LogP contribution in [0.4, 0.5) is 0 Å². The fourth-order valence-electron chi connectivity index (χ4n) is 1.91. The topological polar surface area (TPSA) is 48.1 Å². The van der Waals surface area contributed by atoms with E-state index in [2.05, 4.69) is 37.3 Å². The molecular weight excluding hydrogens is 256 g/mol. The number of aromatic nitrogens is 1. The highest BCUT2D eigenvalue weighted by molar-refractivity contribution is 7.06. The van der Waals surface area contributed by atoms with Crippen LogP contribution in [-0.2, 0) is 12.0 Å². The van der Waals surface area contributed by atoms with Crippen LogP contribution in [0.3, 0.4) is 0 Å². The summed E-state index contributed by atoms with van der Waals surface area (Å²) in [7, 11) is 1.69. The van der Waals surface area contributed by atoms with Gasteiger partial charge in [0.15, 0.2) is 0 Å². The second-order valence-electron chi connectivity index (χ2n) is 5.55. The molecule has 3 nitrogen and oxygen atoms in total. The van der Waals surface area contributed by atoms with E-state index >= 15 is 0 Å².